The highest BCUT2D eigenvalue weighted by Crippen LogP contribution is 2.26. The molecule has 2 heterocycles. The maximum absolute atomic E-state index is 12.6. The van der Waals surface area contributed by atoms with Crippen LogP contribution in [0.15, 0.2) is 48.5 Å². The molecule has 2 aliphatic heterocycles. The minimum Gasteiger partial charge on any atom is -0.493 e. The number of fused-ring (bicyclic) bond motifs is 1. The lowest BCUT2D eigenvalue weighted by molar-refractivity contribution is -0.131. The van der Waals surface area contributed by atoms with Gasteiger partial charge in [0.25, 0.3) is 5.91 Å². The van der Waals surface area contributed by atoms with Crippen molar-refractivity contribution in [2.45, 2.75) is 12.8 Å². The highest BCUT2D eigenvalue weighted by molar-refractivity contribution is 5.94. The second-order valence-corrected chi connectivity index (χ2v) is 6.76. The average Bonchev–Trinajstić information content (AvgIpc) is 3.16. The van der Waals surface area contributed by atoms with Gasteiger partial charge in [-0.3, -0.25) is 9.59 Å². The summed E-state index contributed by atoms with van der Waals surface area (Å²) < 4.78 is 5.51. The standard InChI is InChI=1S/C21H22N2O3/c24-20(15-16-6-7-19-18(14-16)8-13-26-19)22-9-11-23(12-10-22)21(25)17-4-2-1-3-5-17/h1-7,14H,8-13,15H2. The van der Waals surface area contributed by atoms with Crippen LogP contribution in [-0.2, 0) is 17.6 Å². The summed E-state index contributed by atoms with van der Waals surface area (Å²) in [6.07, 6.45) is 1.32. The van der Waals surface area contributed by atoms with Crippen LogP contribution in [0.25, 0.3) is 0 Å². The number of rotatable bonds is 3. The third-order valence-corrected chi connectivity index (χ3v) is 5.05. The maximum Gasteiger partial charge on any atom is 0.253 e. The van der Waals surface area contributed by atoms with Crippen LogP contribution in [0.3, 0.4) is 0 Å². The monoisotopic (exact) mass is 350 g/mol. The summed E-state index contributed by atoms with van der Waals surface area (Å²) in [5.74, 6) is 1.10. The van der Waals surface area contributed by atoms with Crippen LogP contribution in [0.2, 0.25) is 0 Å². The van der Waals surface area contributed by atoms with Crippen molar-refractivity contribution < 1.29 is 14.3 Å². The van der Waals surface area contributed by atoms with Gasteiger partial charge in [-0.15, -0.1) is 0 Å². The molecule has 0 spiro atoms. The van der Waals surface area contributed by atoms with Crippen LogP contribution in [0.5, 0.6) is 5.75 Å². The first-order valence-corrected chi connectivity index (χ1v) is 9.07. The molecule has 0 unspecified atom stereocenters. The van der Waals surface area contributed by atoms with Gasteiger partial charge in [0.1, 0.15) is 5.75 Å². The van der Waals surface area contributed by atoms with E-state index in [1.165, 1.54) is 5.56 Å². The molecule has 2 aromatic rings. The number of piperazine rings is 1. The van der Waals surface area contributed by atoms with Gasteiger partial charge in [-0.25, -0.2) is 0 Å². The summed E-state index contributed by atoms with van der Waals surface area (Å²) in [7, 11) is 0. The van der Waals surface area contributed by atoms with Gasteiger partial charge in [-0.1, -0.05) is 30.3 Å². The molecular weight excluding hydrogens is 328 g/mol. The molecule has 0 N–H and O–H groups in total. The van der Waals surface area contributed by atoms with E-state index in [4.69, 9.17) is 4.74 Å². The van der Waals surface area contributed by atoms with E-state index in [0.717, 1.165) is 24.3 Å². The summed E-state index contributed by atoms with van der Waals surface area (Å²) in [4.78, 5) is 28.8. The number of hydrogen-bond donors (Lipinski definition) is 0. The van der Waals surface area contributed by atoms with Crippen molar-refractivity contribution in [3.05, 3.63) is 65.2 Å². The molecule has 0 aliphatic carbocycles. The minimum atomic E-state index is 0.0383. The van der Waals surface area contributed by atoms with Crippen molar-refractivity contribution in [1.82, 2.24) is 9.80 Å². The predicted octanol–water partition coefficient (Wildman–Crippen LogP) is 2.15. The van der Waals surface area contributed by atoms with Gasteiger partial charge in [-0.2, -0.15) is 0 Å². The quantitative estimate of drug-likeness (QED) is 0.852. The van der Waals surface area contributed by atoms with E-state index in [1.54, 1.807) is 0 Å². The Labute approximate surface area is 153 Å². The molecule has 1 fully saturated rings. The summed E-state index contributed by atoms with van der Waals surface area (Å²) in [5.41, 5.74) is 2.92. The van der Waals surface area contributed by atoms with E-state index in [-0.39, 0.29) is 11.8 Å². The molecule has 0 atom stereocenters. The van der Waals surface area contributed by atoms with Crippen LogP contribution >= 0.6 is 0 Å². The number of carbonyl (C=O) groups excluding carboxylic acids is 2. The summed E-state index contributed by atoms with van der Waals surface area (Å²) >= 11 is 0. The lowest BCUT2D eigenvalue weighted by Crippen LogP contribution is -2.51. The summed E-state index contributed by atoms with van der Waals surface area (Å²) in [6, 6.07) is 15.3. The topological polar surface area (TPSA) is 49.9 Å². The van der Waals surface area contributed by atoms with Gasteiger partial charge in [0, 0.05) is 38.2 Å². The molecule has 0 radical (unpaired) electrons. The van der Waals surface area contributed by atoms with Gasteiger partial charge in [0.15, 0.2) is 0 Å². The van der Waals surface area contributed by atoms with Crippen molar-refractivity contribution in [2.75, 3.05) is 32.8 Å². The van der Waals surface area contributed by atoms with Crippen LogP contribution < -0.4 is 4.74 Å². The lowest BCUT2D eigenvalue weighted by Gasteiger charge is -2.35. The molecule has 1 saturated heterocycles. The molecule has 0 aromatic heterocycles. The number of amides is 2. The second-order valence-electron chi connectivity index (χ2n) is 6.76. The lowest BCUT2D eigenvalue weighted by atomic mass is 10.1. The fourth-order valence-corrected chi connectivity index (χ4v) is 3.56. The van der Waals surface area contributed by atoms with Crippen LogP contribution in [-0.4, -0.2) is 54.4 Å². The van der Waals surface area contributed by atoms with Gasteiger partial charge < -0.3 is 14.5 Å². The highest BCUT2D eigenvalue weighted by atomic mass is 16.5. The molecule has 5 nitrogen and oxygen atoms in total. The van der Waals surface area contributed by atoms with Crippen molar-refractivity contribution in [1.29, 1.82) is 0 Å². The van der Waals surface area contributed by atoms with Crippen molar-refractivity contribution in [3.63, 3.8) is 0 Å². The van der Waals surface area contributed by atoms with E-state index in [2.05, 4.69) is 6.07 Å². The zero-order chi connectivity index (χ0) is 17.9. The zero-order valence-corrected chi connectivity index (χ0v) is 14.7. The molecule has 0 bridgehead atoms. The smallest absolute Gasteiger partial charge is 0.253 e. The predicted molar refractivity (Wildman–Crippen MR) is 98.3 cm³/mol. The number of benzene rings is 2. The fraction of sp³-hybridized carbons (Fsp3) is 0.333. The minimum absolute atomic E-state index is 0.0383. The molecule has 134 valence electrons. The van der Waals surface area contributed by atoms with E-state index in [0.29, 0.717) is 38.2 Å². The molecule has 0 saturated carbocycles. The number of nitrogens with zero attached hydrogens (tertiary/aromatic N) is 2. The zero-order valence-electron chi connectivity index (χ0n) is 14.7. The van der Waals surface area contributed by atoms with Gasteiger partial charge >= 0.3 is 0 Å². The highest BCUT2D eigenvalue weighted by Gasteiger charge is 2.25. The number of ether oxygens (including phenoxy) is 1. The molecule has 2 amide bonds. The third kappa shape index (κ3) is 3.43. The Hall–Kier alpha value is -2.82. The molecule has 2 aromatic carbocycles. The van der Waals surface area contributed by atoms with Gasteiger partial charge in [-0.05, 0) is 29.3 Å². The molecule has 4 rings (SSSR count). The molecule has 2 aliphatic rings. The Balaban J connectivity index is 1.33. The third-order valence-electron chi connectivity index (χ3n) is 5.05. The largest absolute Gasteiger partial charge is 0.493 e. The van der Waals surface area contributed by atoms with E-state index in [9.17, 15) is 9.59 Å². The first-order valence-electron chi connectivity index (χ1n) is 9.07. The van der Waals surface area contributed by atoms with Crippen molar-refractivity contribution in [3.8, 4) is 5.75 Å². The van der Waals surface area contributed by atoms with E-state index >= 15 is 0 Å². The van der Waals surface area contributed by atoms with Crippen LogP contribution in [0.4, 0.5) is 0 Å². The van der Waals surface area contributed by atoms with E-state index < -0.39 is 0 Å². The van der Waals surface area contributed by atoms with Crippen molar-refractivity contribution >= 4 is 11.8 Å². The first-order chi connectivity index (χ1) is 12.7. The second kappa shape index (κ2) is 7.20. The number of hydrogen-bond acceptors (Lipinski definition) is 3. The van der Waals surface area contributed by atoms with Gasteiger partial charge in [0.05, 0.1) is 13.0 Å². The Kier molecular flexibility index (Phi) is 4.61. The Morgan fingerprint density at radius 1 is 0.923 bits per heavy atom. The Bertz CT molecular complexity index is 811. The Morgan fingerprint density at radius 2 is 1.65 bits per heavy atom. The van der Waals surface area contributed by atoms with Crippen molar-refractivity contribution in [2.24, 2.45) is 0 Å². The number of carbonyl (C=O) groups is 2. The van der Waals surface area contributed by atoms with Crippen LogP contribution in [0, 0.1) is 0 Å². The van der Waals surface area contributed by atoms with Gasteiger partial charge in [0.2, 0.25) is 5.91 Å². The van der Waals surface area contributed by atoms with E-state index in [1.807, 2.05) is 52.3 Å². The summed E-state index contributed by atoms with van der Waals surface area (Å²) in [5, 5.41) is 0. The average molecular weight is 350 g/mol. The fourth-order valence-electron chi connectivity index (χ4n) is 3.56. The summed E-state index contributed by atoms with van der Waals surface area (Å²) in [6.45, 7) is 3.07. The molecule has 26 heavy (non-hydrogen) atoms. The van der Waals surface area contributed by atoms with Crippen LogP contribution in [0.1, 0.15) is 21.5 Å². The molecule has 5 heteroatoms. The normalized spacial score (nSPS) is 16.2. The first kappa shape index (κ1) is 16.6. The Morgan fingerprint density at radius 3 is 2.42 bits per heavy atom. The maximum atomic E-state index is 12.6. The molecular formula is C21H22N2O3. The SMILES string of the molecule is O=C(Cc1ccc2c(c1)CCO2)N1CCN(C(=O)c2ccccc2)CC1.